The fourth-order valence-electron chi connectivity index (χ4n) is 4.18. The van der Waals surface area contributed by atoms with E-state index < -0.39 is 12.4 Å². The quantitative estimate of drug-likeness (QED) is 0.468. The second-order valence-electron chi connectivity index (χ2n) is 8.04. The average molecular weight is 598 g/mol. The molecule has 2 heterocycles. The van der Waals surface area contributed by atoms with Gasteiger partial charge >= 0.3 is 0 Å². The summed E-state index contributed by atoms with van der Waals surface area (Å²) in [5.41, 5.74) is 0. The van der Waals surface area contributed by atoms with E-state index in [0.717, 1.165) is 12.8 Å². The minimum atomic E-state index is -0.740. The summed E-state index contributed by atoms with van der Waals surface area (Å²) in [5, 5.41) is 10.6. The molecule has 1 radical (unpaired) electrons. The van der Waals surface area contributed by atoms with Crippen molar-refractivity contribution >= 4 is 0 Å². The molecule has 0 spiro atoms. The third-order valence-electron chi connectivity index (χ3n) is 6.44. The molecule has 2 aliphatic rings. The number of hydrogen-bond acceptors (Lipinski definition) is 5. The molecule has 2 aliphatic heterocycles. The van der Waals surface area contributed by atoms with E-state index in [4.69, 9.17) is 18.9 Å². The Hall–Kier alpha value is 0.822. The number of hydrogen-bond donors (Lipinski definition) is 1. The van der Waals surface area contributed by atoms with Crippen LogP contribution in [-0.2, 0) is 18.9 Å². The van der Waals surface area contributed by atoms with E-state index in [1.54, 1.807) is 12.3 Å². The van der Waals surface area contributed by atoms with E-state index in [9.17, 15) is 5.11 Å². The third kappa shape index (κ3) is 5.92. The molecule has 0 aromatic rings. The van der Waals surface area contributed by atoms with E-state index in [0.29, 0.717) is 17.8 Å². The van der Waals surface area contributed by atoms with Gasteiger partial charge in [-0.05, 0) is 31.6 Å². The molecule has 0 bridgehead atoms. The van der Waals surface area contributed by atoms with Crippen LogP contribution in [-0.4, -0.2) is 42.1 Å². The first-order valence-corrected chi connectivity index (χ1v) is 10.3. The zero-order valence-electron chi connectivity index (χ0n) is 18.0. The molecule has 27 heavy (non-hydrogen) atoms. The molecule has 4 unspecified atom stereocenters. The molecular formula is C21H38AcO5. The Morgan fingerprint density at radius 1 is 0.852 bits per heavy atom. The Morgan fingerprint density at radius 2 is 1.44 bits per heavy atom. The van der Waals surface area contributed by atoms with Crippen LogP contribution in [0, 0.1) is 67.7 Å². The number of aliphatic hydroxyl groups excluding tert-OH is 1. The summed E-state index contributed by atoms with van der Waals surface area (Å²) < 4.78 is 24.3. The van der Waals surface area contributed by atoms with Crippen molar-refractivity contribution in [3.05, 3.63) is 12.3 Å². The van der Waals surface area contributed by atoms with Gasteiger partial charge < -0.3 is 24.1 Å². The maximum Gasteiger partial charge on any atom is 0.225 e. The normalized spacial score (nSPS) is 45.5. The van der Waals surface area contributed by atoms with Crippen LogP contribution in [0.3, 0.4) is 0 Å². The zero-order valence-corrected chi connectivity index (χ0v) is 22.7. The van der Waals surface area contributed by atoms with Crippen molar-refractivity contribution in [1.82, 2.24) is 0 Å². The van der Waals surface area contributed by atoms with Crippen LogP contribution in [0.15, 0.2) is 12.3 Å². The Labute approximate surface area is 201 Å². The van der Waals surface area contributed by atoms with Gasteiger partial charge in [0.25, 0.3) is 0 Å². The average Bonchev–Trinajstić information content (AvgIpc) is 2.64. The van der Waals surface area contributed by atoms with Gasteiger partial charge in [-0.25, -0.2) is 0 Å². The van der Waals surface area contributed by atoms with Crippen molar-refractivity contribution in [3.8, 4) is 0 Å². The first-order chi connectivity index (χ1) is 12.3. The van der Waals surface area contributed by atoms with Gasteiger partial charge in [-0.2, -0.15) is 0 Å². The van der Waals surface area contributed by atoms with Crippen LogP contribution in [0.5, 0.6) is 0 Å². The third-order valence-corrected chi connectivity index (χ3v) is 6.44. The summed E-state index contributed by atoms with van der Waals surface area (Å²) in [4.78, 5) is 0. The van der Waals surface area contributed by atoms with Gasteiger partial charge in [0.1, 0.15) is 6.10 Å². The van der Waals surface area contributed by atoms with Gasteiger partial charge in [-0.3, -0.25) is 0 Å². The van der Waals surface area contributed by atoms with Crippen molar-refractivity contribution in [2.24, 2.45) is 23.7 Å². The van der Waals surface area contributed by atoms with Crippen molar-refractivity contribution in [3.63, 3.8) is 0 Å². The van der Waals surface area contributed by atoms with Crippen LogP contribution in [0.25, 0.3) is 0 Å². The molecule has 0 amide bonds. The molecular weight excluding hydrogens is 559 g/mol. The maximum atomic E-state index is 10.6. The molecule has 2 saturated heterocycles. The standard InChI is InChI=1S/C21H38O5.Ac/c1-8-11-23-21-18(22)15(7)19(17(10-3)25-21)26-20-14(6)12(4)13(5)16(9-2)24-20;/h8,11-22H,9-10H2,1-7H3;/b11-8+;/t12-,13+,14?,15+,16?,17?,18?,19+,20-,21+;/m0./s1. The van der Waals surface area contributed by atoms with Crippen LogP contribution >= 0.6 is 0 Å². The van der Waals surface area contributed by atoms with Crippen molar-refractivity contribution in [2.75, 3.05) is 0 Å². The Balaban J connectivity index is 0.00000364. The summed E-state index contributed by atoms with van der Waals surface area (Å²) >= 11 is 0. The van der Waals surface area contributed by atoms with E-state index in [1.807, 2.05) is 13.8 Å². The van der Waals surface area contributed by atoms with E-state index >= 15 is 0 Å². The van der Waals surface area contributed by atoms with Crippen molar-refractivity contribution in [2.45, 2.75) is 98.3 Å². The molecule has 2 fully saturated rings. The van der Waals surface area contributed by atoms with Gasteiger partial charge in [-0.15, -0.1) is 0 Å². The van der Waals surface area contributed by atoms with Crippen LogP contribution in [0.2, 0.25) is 0 Å². The van der Waals surface area contributed by atoms with E-state index in [2.05, 4.69) is 34.6 Å². The largest absolute Gasteiger partial charge is 0.470 e. The summed E-state index contributed by atoms with van der Waals surface area (Å²) in [6.07, 6.45) is 3.33. The van der Waals surface area contributed by atoms with Gasteiger partial charge in [0.05, 0.1) is 24.6 Å². The first-order valence-electron chi connectivity index (χ1n) is 10.3. The predicted molar refractivity (Wildman–Crippen MR) is 101 cm³/mol. The van der Waals surface area contributed by atoms with Crippen LogP contribution < -0.4 is 0 Å². The summed E-state index contributed by atoms with van der Waals surface area (Å²) in [5.74, 6) is 1.23. The molecule has 0 aromatic heterocycles. The topological polar surface area (TPSA) is 57.2 Å². The smallest absolute Gasteiger partial charge is 0.225 e. The number of aliphatic hydroxyl groups is 1. The van der Waals surface area contributed by atoms with E-state index in [-0.39, 0.29) is 74.6 Å². The van der Waals surface area contributed by atoms with Gasteiger partial charge in [0.15, 0.2) is 6.29 Å². The van der Waals surface area contributed by atoms with E-state index in [1.165, 1.54) is 0 Å². The molecule has 155 valence electrons. The van der Waals surface area contributed by atoms with Crippen LogP contribution in [0.1, 0.15) is 61.3 Å². The molecule has 6 heteroatoms. The molecule has 0 aromatic carbocycles. The van der Waals surface area contributed by atoms with Crippen LogP contribution in [0.4, 0.5) is 0 Å². The van der Waals surface area contributed by atoms with Crippen molar-refractivity contribution < 1.29 is 68.1 Å². The minimum absolute atomic E-state index is 0. The zero-order chi connectivity index (χ0) is 19.4. The fourth-order valence-corrected chi connectivity index (χ4v) is 4.18. The summed E-state index contributed by atoms with van der Waals surface area (Å²) in [6.45, 7) is 14.9. The first kappa shape index (κ1) is 25.9. The maximum absolute atomic E-state index is 10.6. The second kappa shape index (κ2) is 11.9. The summed E-state index contributed by atoms with van der Waals surface area (Å²) in [7, 11) is 0. The molecule has 5 nitrogen and oxygen atoms in total. The second-order valence-corrected chi connectivity index (χ2v) is 8.04. The molecule has 10 atom stereocenters. The number of rotatable bonds is 6. The molecule has 0 saturated carbocycles. The monoisotopic (exact) mass is 597 g/mol. The molecule has 2 rings (SSSR count). The Kier molecular flexibility index (Phi) is 11.4. The molecule has 0 aliphatic carbocycles. The molecule has 1 N–H and O–H groups in total. The van der Waals surface area contributed by atoms with Gasteiger partial charge in [0, 0.05) is 55.9 Å². The number of ether oxygens (including phenoxy) is 4. The predicted octanol–water partition coefficient (Wildman–Crippen LogP) is 4.10. The fraction of sp³-hybridized carbons (Fsp3) is 0.905. The summed E-state index contributed by atoms with van der Waals surface area (Å²) in [6, 6.07) is 0. The SMILES string of the molecule is C/C=C/O[C@@H]1OC(CC)[C@H](O[C@@H]2OC(CC)[C@H](C)[C@H](C)C2C)[C@H](C)C1O.[Ac]. The Bertz CT molecular complexity index is 456. The van der Waals surface area contributed by atoms with Crippen molar-refractivity contribution in [1.29, 1.82) is 0 Å². The van der Waals surface area contributed by atoms with Gasteiger partial charge in [-0.1, -0.05) is 47.6 Å². The number of allylic oxidation sites excluding steroid dienone is 1. The Morgan fingerprint density at radius 3 is 2.00 bits per heavy atom. The minimum Gasteiger partial charge on any atom is -0.470 e. The van der Waals surface area contributed by atoms with Gasteiger partial charge in [0.2, 0.25) is 6.29 Å².